The average molecular weight is 533 g/mol. The Labute approximate surface area is 236 Å². The summed E-state index contributed by atoms with van der Waals surface area (Å²) in [6, 6.07) is 22.9. The van der Waals surface area contributed by atoms with Gasteiger partial charge in [0.25, 0.3) is 5.91 Å². The van der Waals surface area contributed by atoms with Crippen LogP contribution in [0.1, 0.15) is 47.1 Å². The number of phenolic OH excluding ortho intramolecular Hbond substituents is 1. The highest BCUT2D eigenvalue weighted by Crippen LogP contribution is 2.64. The smallest absolute Gasteiger partial charge is 0.298 e. The van der Waals surface area contributed by atoms with Crippen LogP contribution in [0.4, 0.5) is 0 Å². The molecule has 1 N–H and O–H groups in total. The number of rotatable bonds is 4. The number of aromatic hydroxyl groups is 1. The van der Waals surface area contributed by atoms with E-state index < -0.39 is 0 Å². The van der Waals surface area contributed by atoms with Gasteiger partial charge in [0.1, 0.15) is 6.10 Å². The van der Waals surface area contributed by atoms with Gasteiger partial charge in [-0.2, -0.15) is 0 Å². The molecule has 40 heavy (non-hydrogen) atoms. The number of likely N-dealkylation sites (N-methyl/N-ethyl adjacent to an activating group) is 1. The Morgan fingerprint density at radius 3 is 2.80 bits per heavy atom. The van der Waals surface area contributed by atoms with E-state index in [1.165, 1.54) is 16.7 Å². The number of benzene rings is 3. The van der Waals surface area contributed by atoms with E-state index in [1.807, 2.05) is 43.1 Å². The van der Waals surface area contributed by atoms with Crippen LogP contribution in [0.3, 0.4) is 0 Å². The van der Waals surface area contributed by atoms with Gasteiger partial charge >= 0.3 is 0 Å². The van der Waals surface area contributed by atoms with Crippen molar-refractivity contribution >= 4 is 5.91 Å². The number of amides is 1. The Morgan fingerprint density at radius 1 is 1.12 bits per heavy atom. The maximum Gasteiger partial charge on any atom is 0.298 e. The predicted molar refractivity (Wildman–Crippen MR) is 155 cm³/mol. The molecule has 5 atom stereocenters. The topological polar surface area (TPSA) is 53.0 Å². The molecule has 2 fully saturated rings. The zero-order chi connectivity index (χ0) is 27.4. The van der Waals surface area contributed by atoms with Crippen LogP contribution in [0.25, 0.3) is 0 Å². The van der Waals surface area contributed by atoms with E-state index in [-0.39, 0.29) is 29.2 Å². The molecule has 4 aliphatic rings. The molecule has 2 aliphatic carbocycles. The third-order valence-electron chi connectivity index (χ3n) is 10.1. The zero-order valence-electron chi connectivity index (χ0n) is 23.3. The molecule has 0 radical (unpaired) electrons. The lowest BCUT2D eigenvalue weighted by Crippen LogP contribution is -2.69. The summed E-state index contributed by atoms with van der Waals surface area (Å²) in [5.74, 6) is 7.09. The van der Waals surface area contributed by atoms with E-state index in [1.54, 1.807) is 6.07 Å². The lowest BCUT2D eigenvalue weighted by molar-refractivity contribution is -0.134. The Hall–Kier alpha value is -3.75. The Balaban J connectivity index is 1.19. The van der Waals surface area contributed by atoms with Crippen molar-refractivity contribution in [1.29, 1.82) is 0 Å². The van der Waals surface area contributed by atoms with Gasteiger partial charge in [-0.1, -0.05) is 54.5 Å². The molecular formula is C35H36N2O3. The van der Waals surface area contributed by atoms with Gasteiger partial charge < -0.3 is 14.7 Å². The number of aryl methyl sites for hydroxylation is 1. The molecule has 7 rings (SSSR count). The molecule has 5 nitrogen and oxygen atoms in total. The summed E-state index contributed by atoms with van der Waals surface area (Å²) in [5, 5.41) is 10.9. The number of piperidine rings is 1. The summed E-state index contributed by atoms with van der Waals surface area (Å²) >= 11 is 0. The van der Waals surface area contributed by atoms with Crippen molar-refractivity contribution in [2.24, 2.45) is 5.92 Å². The molecule has 204 valence electrons. The SMILES string of the molecule is Cc1cccc(C#CC(=O)N(C)[C@H]2CC[C@H]3[C@H]4Cc5ccc(O)c6c5[C@@]3(CCN4CCc3ccccc3)[C@H]2O6)c1. The largest absolute Gasteiger partial charge is 0.504 e. The average Bonchev–Trinajstić information content (AvgIpc) is 3.32. The second-order valence-electron chi connectivity index (χ2n) is 12.1. The lowest BCUT2D eigenvalue weighted by atomic mass is 9.51. The molecule has 1 saturated heterocycles. The molecule has 2 bridgehead atoms. The van der Waals surface area contributed by atoms with Crippen molar-refractivity contribution in [3.05, 3.63) is 94.5 Å². The van der Waals surface area contributed by atoms with E-state index in [4.69, 9.17) is 4.74 Å². The van der Waals surface area contributed by atoms with Gasteiger partial charge in [0.15, 0.2) is 11.5 Å². The lowest BCUT2D eigenvalue weighted by Gasteiger charge is -2.60. The number of hydrogen-bond donors (Lipinski definition) is 1. The number of ether oxygens (including phenoxy) is 1. The fourth-order valence-electron chi connectivity index (χ4n) is 8.28. The highest BCUT2D eigenvalue weighted by Gasteiger charge is 2.66. The highest BCUT2D eigenvalue weighted by atomic mass is 16.5. The Bertz CT molecular complexity index is 1520. The van der Waals surface area contributed by atoms with Gasteiger partial charge in [-0.25, -0.2) is 0 Å². The van der Waals surface area contributed by atoms with E-state index in [0.717, 1.165) is 56.3 Å². The predicted octanol–water partition coefficient (Wildman–Crippen LogP) is 4.86. The van der Waals surface area contributed by atoms with Crippen molar-refractivity contribution < 1.29 is 14.6 Å². The molecule has 5 heteroatoms. The van der Waals surface area contributed by atoms with Crippen LogP contribution < -0.4 is 4.74 Å². The molecule has 3 aromatic rings. The first-order valence-corrected chi connectivity index (χ1v) is 14.6. The summed E-state index contributed by atoms with van der Waals surface area (Å²) in [4.78, 5) is 17.9. The van der Waals surface area contributed by atoms with Crippen molar-refractivity contribution in [3.63, 3.8) is 0 Å². The standard InChI is InChI=1S/C35H36N2O3/c1-23-7-6-10-25(21-23)11-16-31(39)36(2)28-14-13-27-29-22-26-12-15-30(38)33-32(26)35(27,34(28)40-33)18-20-37(29)19-17-24-8-4-3-5-9-24/h3-10,12,15,21,27-29,34,38H,13-14,17-20,22H2,1-2H3/t27-,28-,29+,34-,35-/m0/s1. The number of carbonyl (C=O) groups is 1. The Morgan fingerprint density at radius 2 is 1.98 bits per heavy atom. The zero-order valence-corrected chi connectivity index (χ0v) is 23.3. The molecule has 0 unspecified atom stereocenters. The van der Waals surface area contributed by atoms with E-state index >= 15 is 0 Å². The molecule has 1 spiro atoms. The second-order valence-corrected chi connectivity index (χ2v) is 12.1. The minimum Gasteiger partial charge on any atom is -0.504 e. The first-order chi connectivity index (χ1) is 19.5. The molecule has 1 saturated carbocycles. The summed E-state index contributed by atoms with van der Waals surface area (Å²) < 4.78 is 6.73. The first-order valence-electron chi connectivity index (χ1n) is 14.6. The van der Waals surface area contributed by atoms with Gasteiger partial charge in [0.2, 0.25) is 0 Å². The van der Waals surface area contributed by atoms with Crippen LogP contribution in [0, 0.1) is 24.7 Å². The quantitative estimate of drug-likeness (QED) is 0.488. The maximum absolute atomic E-state index is 13.4. The minimum atomic E-state index is -0.184. The third-order valence-corrected chi connectivity index (χ3v) is 10.1. The Kier molecular flexibility index (Phi) is 6.13. The summed E-state index contributed by atoms with van der Waals surface area (Å²) in [6.45, 7) is 4.07. The van der Waals surface area contributed by atoms with Crippen molar-refractivity contribution in [2.75, 3.05) is 20.1 Å². The van der Waals surface area contributed by atoms with Crippen LogP contribution in [-0.4, -0.2) is 59.1 Å². The van der Waals surface area contributed by atoms with Gasteiger partial charge in [-0.3, -0.25) is 9.69 Å². The van der Waals surface area contributed by atoms with Crippen LogP contribution in [0.5, 0.6) is 11.5 Å². The van der Waals surface area contributed by atoms with Gasteiger partial charge in [0.05, 0.1) is 6.04 Å². The molecular weight excluding hydrogens is 496 g/mol. The summed E-state index contributed by atoms with van der Waals surface area (Å²) in [5.41, 5.74) is 5.69. The third kappa shape index (κ3) is 3.92. The highest BCUT2D eigenvalue weighted by molar-refractivity contribution is 5.94. The normalized spacial score (nSPS) is 27.6. The number of likely N-dealkylation sites (tertiary alicyclic amines) is 1. The van der Waals surface area contributed by atoms with Gasteiger partial charge in [0, 0.05) is 42.1 Å². The molecule has 0 aromatic heterocycles. The van der Waals surface area contributed by atoms with Crippen LogP contribution >= 0.6 is 0 Å². The van der Waals surface area contributed by atoms with Crippen molar-refractivity contribution in [2.45, 2.75) is 62.6 Å². The number of hydrogen-bond acceptors (Lipinski definition) is 4. The van der Waals surface area contributed by atoms with Crippen molar-refractivity contribution in [1.82, 2.24) is 9.80 Å². The monoisotopic (exact) mass is 532 g/mol. The molecule has 3 aromatic carbocycles. The first kappa shape index (κ1) is 25.2. The maximum atomic E-state index is 13.4. The van der Waals surface area contributed by atoms with Crippen molar-refractivity contribution in [3.8, 4) is 23.3 Å². The van der Waals surface area contributed by atoms with E-state index in [9.17, 15) is 9.90 Å². The minimum absolute atomic E-state index is 0.0928. The fourth-order valence-corrected chi connectivity index (χ4v) is 8.28. The molecule has 2 heterocycles. The van der Waals surface area contributed by atoms with E-state index in [2.05, 4.69) is 53.1 Å². The number of phenols is 1. The number of nitrogens with zero attached hydrogens (tertiary/aromatic N) is 2. The van der Waals surface area contributed by atoms with E-state index in [0.29, 0.717) is 17.7 Å². The van der Waals surface area contributed by atoms with Gasteiger partial charge in [-0.05, 0) is 86.4 Å². The fraction of sp³-hybridized carbons (Fsp3) is 0.400. The second kappa shape index (κ2) is 9.71. The van der Waals surface area contributed by atoms with Crippen LogP contribution in [0.15, 0.2) is 66.7 Å². The van der Waals surface area contributed by atoms with Crippen LogP contribution in [-0.2, 0) is 23.1 Å². The summed E-state index contributed by atoms with van der Waals surface area (Å²) in [6.07, 6.45) is 4.74. The summed E-state index contributed by atoms with van der Waals surface area (Å²) in [7, 11) is 1.87. The number of carbonyl (C=O) groups excluding carboxylic acids is 1. The van der Waals surface area contributed by atoms with Crippen LogP contribution in [0.2, 0.25) is 0 Å². The van der Waals surface area contributed by atoms with Gasteiger partial charge in [-0.15, -0.1) is 0 Å². The molecule has 1 amide bonds. The molecule has 2 aliphatic heterocycles.